The fourth-order valence-electron chi connectivity index (χ4n) is 4.33. The Bertz CT molecular complexity index is 756. The average Bonchev–Trinajstić information content (AvgIpc) is 2.97. The highest BCUT2D eigenvalue weighted by Crippen LogP contribution is 2.41. The summed E-state index contributed by atoms with van der Waals surface area (Å²) in [5.41, 5.74) is -1.00. The molecule has 2 fully saturated rings. The SMILES string of the molecule is CC(C)(C)OC(=O)N1CCC(O)(CN2C[C@H](c3ccccc3)CC2=O)C(C)(C)C1. The Hall–Kier alpha value is -2.08. The molecule has 3 rings (SSSR count). The van der Waals surface area contributed by atoms with E-state index in [2.05, 4.69) is 12.1 Å². The Morgan fingerprint density at radius 1 is 1.24 bits per heavy atom. The van der Waals surface area contributed by atoms with Gasteiger partial charge >= 0.3 is 6.09 Å². The minimum absolute atomic E-state index is 0.0812. The Morgan fingerprint density at radius 2 is 1.90 bits per heavy atom. The van der Waals surface area contributed by atoms with Gasteiger partial charge in [0.05, 0.1) is 12.1 Å². The van der Waals surface area contributed by atoms with E-state index in [4.69, 9.17) is 4.74 Å². The fourth-order valence-corrected chi connectivity index (χ4v) is 4.33. The number of aliphatic hydroxyl groups is 1. The van der Waals surface area contributed by atoms with Crippen molar-refractivity contribution >= 4 is 12.0 Å². The van der Waals surface area contributed by atoms with Crippen LogP contribution >= 0.6 is 0 Å². The summed E-state index contributed by atoms with van der Waals surface area (Å²) in [4.78, 5) is 28.6. The van der Waals surface area contributed by atoms with Crippen molar-refractivity contribution in [1.29, 1.82) is 0 Å². The second-order valence-corrected chi connectivity index (χ2v) is 10.2. The van der Waals surface area contributed by atoms with Crippen molar-refractivity contribution in [1.82, 2.24) is 9.80 Å². The summed E-state index contributed by atoms with van der Waals surface area (Å²) in [5.74, 6) is 0.245. The summed E-state index contributed by atoms with van der Waals surface area (Å²) in [5, 5.41) is 11.5. The first-order chi connectivity index (χ1) is 13.4. The molecule has 2 atom stereocenters. The summed E-state index contributed by atoms with van der Waals surface area (Å²) in [7, 11) is 0. The number of piperidine rings is 1. The standard InChI is InChI=1S/C23H34N2O4/c1-21(2,3)29-20(27)24-12-11-23(28,22(4,5)15-24)16-25-14-18(13-19(25)26)17-9-7-6-8-10-17/h6-10,18,28H,11-16H2,1-5H3/t18-,23?/m1/s1. The van der Waals surface area contributed by atoms with Gasteiger partial charge in [0.25, 0.3) is 0 Å². The number of likely N-dealkylation sites (tertiary alicyclic amines) is 2. The summed E-state index contributed by atoms with van der Waals surface area (Å²) in [6, 6.07) is 10.1. The maximum atomic E-state index is 12.6. The highest BCUT2D eigenvalue weighted by molar-refractivity contribution is 5.80. The van der Waals surface area contributed by atoms with Crippen molar-refractivity contribution in [3.8, 4) is 0 Å². The van der Waals surface area contributed by atoms with Gasteiger partial charge in [-0.15, -0.1) is 0 Å². The predicted molar refractivity (Wildman–Crippen MR) is 112 cm³/mol. The lowest BCUT2D eigenvalue weighted by molar-refractivity contribution is -0.147. The molecule has 0 aliphatic carbocycles. The van der Waals surface area contributed by atoms with Crippen LogP contribution in [0.1, 0.15) is 58.9 Å². The van der Waals surface area contributed by atoms with E-state index >= 15 is 0 Å². The van der Waals surface area contributed by atoms with Crippen molar-refractivity contribution in [3.63, 3.8) is 0 Å². The first kappa shape index (κ1) is 21.6. The molecule has 1 aromatic carbocycles. The normalized spacial score (nSPS) is 27.2. The Labute approximate surface area is 173 Å². The van der Waals surface area contributed by atoms with Crippen molar-refractivity contribution in [2.45, 2.75) is 64.6 Å². The van der Waals surface area contributed by atoms with Gasteiger partial charge in [-0.25, -0.2) is 4.79 Å². The zero-order chi connectivity index (χ0) is 21.4. The third kappa shape index (κ3) is 4.74. The van der Waals surface area contributed by atoms with E-state index in [0.717, 1.165) is 5.56 Å². The molecule has 0 bridgehead atoms. The smallest absolute Gasteiger partial charge is 0.410 e. The number of hydrogen-bond donors (Lipinski definition) is 1. The number of amides is 2. The zero-order valence-corrected chi connectivity index (χ0v) is 18.3. The molecule has 160 valence electrons. The van der Waals surface area contributed by atoms with Crippen LogP contribution in [0.5, 0.6) is 0 Å². The Morgan fingerprint density at radius 3 is 2.48 bits per heavy atom. The Balaban J connectivity index is 1.66. The maximum absolute atomic E-state index is 12.6. The highest BCUT2D eigenvalue weighted by Gasteiger charge is 2.51. The summed E-state index contributed by atoms with van der Waals surface area (Å²) in [6.07, 6.45) is 0.540. The van der Waals surface area contributed by atoms with Crippen LogP contribution in [0.3, 0.4) is 0 Å². The molecule has 2 aliphatic rings. The van der Waals surface area contributed by atoms with E-state index in [9.17, 15) is 14.7 Å². The lowest BCUT2D eigenvalue weighted by atomic mass is 9.69. The van der Waals surface area contributed by atoms with Crippen LogP contribution in [0, 0.1) is 5.41 Å². The number of ether oxygens (including phenoxy) is 1. The molecule has 2 amide bonds. The molecular weight excluding hydrogens is 368 g/mol. The fraction of sp³-hybridized carbons (Fsp3) is 0.652. The molecule has 0 spiro atoms. The largest absolute Gasteiger partial charge is 0.444 e. The van der Waals surface area contributed by atoms with Crippen LogP contribution < -0.4 is 0 Å². The van der Waals surface area contributed by atoms with E-state index in [0.29, 0.717) is 39.0 Å². The number of carbonyl (C=O) groups excluding carboxylic acids is 2. The first-order valence-corrected chi connectivity index (χ1v) is 10.4. The summed E-state index contributed by atoms with van der Waals surface area (Å²) in [6.45, 7) is 11.2. The van der Waals surface area contributed by atoms with E-state index in [1.165, 1.54) is 0 Å². The number of β-amino-alcohol motifs (C(OH)–C–C–N with tert-alkyl or cyclic N) is 1. The molecule has 2 saturated heterocycles. The number of benzene rings is 1. The highest BCUT2D eigenvalue weighted by atomic mass is 16.6. The quantitative estimate of drug-likeness (QED) is 0.841. The Kier molecular flexibility index (Phi) is 5.69. The zero-order valence-electron chi connectivity index (χ0n) is 18.3. The number of nitrogens with zero attached hydrogens (tertiary/aromatic N) is 2. The summed E-state index contributed by atoms with van der Waals surface area (Å²) < 4.78 is 5.49. The van der Waals surface area contributed by atoms with E-state index in [1.807, 2.05) is 52.8 Å². The molecule has 1 N–H and O–H groups in total. The van der Waals surface area contributed by atoms with Gasteiger partial charge in [-0.05, 0) is 32.8 Å². The number of carbonyl (C=O) groups is 2. The minimum Gasteiger partial charge on any atom is -0.444 e. The third-order valence-electron chi connectivity index (χ3n) is 6.23. The molecule has 1 aromatic rings. The second kappa shape index (κ2) is 7.63. The molecule has 2 aliphatic heterocycles. The van der Waals surface area contributed by atoms with E-state index in [-0.39, 0.29) is 17.9 Å². The minimum atomic E-state index is -1.05. The van der Waals surface area contributed by atoms with Crippen molar-refractivity contribution in [2.24, 2.45) is 5.41 Å². The molecule has 0 saturated carbocycles. The molecule has 1 unspecified atom stereocenters. The molecule has 2 heterocycles. The summed E-state index contributed by atoms with van der Waals surface area (Å²) >= 11 is 0. The lowest BCUT2D eigenvalue weighted by Gasteiger charge is -2.51. The van der Waals surface area contributed by atoms with Crippen LogP contribution in [-0.2, 0) is 9.53 Å². The number of rotatable bonds is 3. The van der Waals surface area contributed by atoms with Crippen LogP contribution in [0.4, 0.5) is 4.79 Å². The van der Waals surface area contributed by atoms with Gasteiger partial charge in [0, 0.05) is 37.4 Å². The topological polar surface area (TPSA) is 70.1 Å². The van der Waals surface area contributed by atoms with Gasteiger partial charge in [0.1, 0.15) is 5.60 Å². The van der Waals surface area contributed by atoms with Gasteiger partial charge in [-0.2, -0.15) is 0 Å². The maximum Gasteiger partial charge on any atom is 0.410 e. The second-order valence-electron chi connectivity index (χ2n) is 10.2. The van der Waals surface area contributed by atoms with Gasteiger partial charge in [-0.3, -0.25) is 4.79 Å². The molecule has 6 heteroatoms. The van der Waals surface area contributed by atoms with Crippen LogP contribution in [-0.4, -0.2) is 64.3 Å². The van der Waals surface area contributed by atoms with E-state index < -0.39 is 16.6 Å². The molecule has 6 nitrogen and oxygen atoms in total. The van der Waals surface area contributed by atoms with Crippen molar-refractivity contribution in [3.05, 3.63) is 35.9 Å². The van der Waals surface area contributed by atoms with Gasteiger partial charge in [0.2, 0.25) is 5.91 Å². The van der Waals surface area contributed by atoms with Crippen LogP contribution in [0.25, 0.3) is 0 Å². The molecule has 0 radical (unpaired) electrons. The lowest BCUT2D eigenvalue weighted by Crippen LogP contribution is -2.63. The van der Waals surface area contributed by atoms with Gasteiger partial charge in [-0.1, -0.05) is 44.2 Å². The van der Waals surface area contributed by atoms with Crippen LogP contribution in [0.2, 0.25) is 0 Å². The average molecular weight is 403 g/mol. The van der Waals surface area contributed by atoms with Crippen molar-refractivity contribution < 1.29 is 19.4 Å². The third-order valence-corrected chi connectivity index (χ3v) is 6.23. The van der Waals surface area contributed by atoms with Crippen LogP contribution in [0.15, 0.2) is 30.3 Å². The molecular formula is C23H34N2O4. The molecule has 29 heavy (non-hydrogen) atoms. The van der Waals surface area contributed by atoms with Crippen molar-refractivity contribution in [2.75, 3.05) is 26.2 Å². The first-order valence-electron chi connectivity index (χ1n) is 10.4. The predicted octanol–water partition coefficient (Wildman–Crippen LogP) is 3.40. The number of hydrogen-bond acceptors (Lipinski definition) is 4. The monoisotopic (exact) mass is 402 g/mol. The molecule has 0 aromatic heterocycles. The van der Waals surface area contributed by atoms with E-state index in [1.54, 1.807) is 9.80 Å². The van der Waals surface area contributed by atoms with Gasteiger partial charge < -0.3 is 19.6 Å². The van der Waals surface area contributed by atoms with Gasteiger partial charge in [0.15, 0.2) is 0 Å².